The van der Waals surface area contributed by atoms with Crippen LogP contribution in [0.5, 0.6) is 0 Å². The first kappa shape index (κ1) is 13.8. The third kappa shape index (κ3) is 3.29. The second kappa shape index (κ2) is 6.08. The van der Waals surface area contributed by atoms with Crippen LogP contribution in [0, 0.1) is 0 Å². The molecule has 2 aromatic heterocycles. The van der Waals surface area contributed by atoms with Crippen LogP contribution in [-0.2, 0) is 13.1 Å². The molecule has 3 aromatic rings. The van der Waals surface area contributed by atoms with Crippen LogP contribution in [0.3, 0.4) is 0 Å². The summed E-state index contributed by atoms with van der Waals surface area (Å²) >= 11 is 5.94. The zero-order valence-electron chi connectivity index (χ0n) is 11.3. The van der Waals surface area contributed by atoms with Crippen molar-refractivity contribution in [2.24, 2.45) is 0 Å². The number of hydrogen-bond acceptors (Lipinski definition) is 3. The maximum atomic E-state index is 12.0. The third-order valence-corrected chi connectivity index (χ3v) is 3.38. The summed E-state index contributed by atoms with van der Waals surface area (Å²) in [6.45, 7) is 1.21. The average molecular weight is 300 g/mol. The number of hydrogen-bond donors (Lipinski definition) is 1. The summed E-state index contributed by atoms with van der Waals surface area (Å²) in [5, 5.41) is 3.99. The lowest BCUT2D eigenvalue weighted by atomic mass is 10.2. The van der Waals surface area contributed by atoms with Gasteiger partial charge in [0.2, 0.25) is 0 Å². The number of fused-ring (bicyclic) bond motifs is 1. The predicted molar refractivity (Wildman–Crippen MR) is 83.5 cm³/mol. The highest BCUT2D eigenvalue weighted by Crippen LogP contribution is 2.10. The first-order valence-corrected chi connectivity index (χ1v) is 7.03. The molecule has 0 aliphatic carbocycles. The molecule has 0 saturated heterocycles. The molecule has 2 heterocycles. The molecule has 0 radical (unpaired) electrons. The highest BCUT2D eigenvalue weighted by molar-refractivity contribution is 6.30. The van der Waals surface area contributed by atoms with Crippen LogP contribution < -0.4 is 10.9 Å². The standard InChI is InChI=1S/C16H14ClN3O/c17-13-5-3-4-12(8-13)10-18-11-14-9-16(21)20-7-2-1-6-15(20)19-14/h1-9,18H,10-11H2. The fourth-order valence-electron chi connectivity index (χ4n) is 2.18. The van der Waals surface area contributed by atoms with E-state index < -0.39 is 0 Å². The van der Waals surface area contributed by atoms with Gasteiger partial charge in [0.1, 0.15) is 5.65 Å². The van der Waals surface area contributed by atoms with Crippen molar-refractivity contribution in [3.8, 4) is 0 Å². The molecular weight excluding hydrogens is 286 g/mol. The van der Waals surface area contributed by atoms with E-state index in [0.29, 0.717) is 18.7 Å². The minimum atomic E-state index is -0.0693. The highest BCUT2D eigenvalue weighted by atomic mass is 35.5. The van der Waals surface area contributed by atoms with Gasteiger partial charge in [0.25, 0.3) is 5.56 Å². The van der Waals surface area contributed by atoms with Crippen LogP contribution in [0.4, 0.5) is 0 Å². The van der Waals surface area contributed by atoms with E-state index in [1.807, 2.05) is 42.5 Å². The van der Waals surface area contributed by atoms with Gasteiger partial charge in [-0.1, -0.05) is 29.8 Å². The topological polar surface area (TPSA) is 46.4 Å². The van der Waals surface area contributed by atoms with Gasteiger partial charge in [-0.15, -0.1) is 0 Å². The Kier molecular flexibility index (Phi) is 3.99. The fourth-order valence-corrected chi connectivity index (χ4v) is 2.39. The Morgan fingerprint density at radius 2 is 2.00 bits per heavy atom. The monoisotopic (exact) mass is 299 g/mol. The minimum absolute atomic E-state index is 0.0693. The Bertz CT molecular complexity index is 829. The van der Waals surface area contributed by atoms with E-state index in [1.54, 1.807) is 12.3 Å². The van der Waals surface area contributed by atoms with E-state index in [4.69, 9.17) is 11.6 Å². The second-order valence-corrected chi connectivity index (χ2v) is 5.18. The molecule has 0 saturated carbocycles. The van der Waals surface area contributed by atoms with Gasteiger partial charge < -0.3 is 5.32 Å². The first-order chi connectivity index (χ1) is 10.2. The predicted octanol–water partition coefficient (Wildman–Crippen LogP) is 2.64. The van der Waals surface area contributed by atoms with Crippen LogP contribution in [0.2, 0.25) is 5.02 Å². The van der Waals surface area contributed by atoms with E-state index in [9.17, 15) is 4.79 Å². The lowest BCUT2D eigenvalue weighted by molar-refractivity contribution is 0.678. The van der Waals surface area contributed by atoms with E-state index in [2.05, 4.69) is 10.3 Å². The van der Waals surface area contributed by atoms with E-state index in [-0.39, 0.29) is 5.56 Å². The number of benzene rings is 1. The average Bonchev–Trinajstić information content (AvgIpc) is 2.47. The number of nitrogens with one attached hydrogen (secondary N) is 1. The molecule has 1 aromatic carbocycles. The van der Waals surface area contributed by atoms with E-state index in [1.165, 1.54) is 4.40 Å². The third-order valence-electron chi connectivity index (χ3n) is 3.15. The molecule has 0 aliphatic heterocycles. The van der Waals surface area contributed by atoms with Crippen LogP contribution in [-0.4, -0.2) is 9.38 Å². The maximum absolute atomic E-state index is 12.0. The number of halogens is 1. The molecule has 21 heavy (non-hydrogen) atoms. The molecule has 0 amide bonds. The molecule has 1 N–H and O–H groups in total. The number of pyridine rings is 1. The van der Waals surface area contributed by atoms with E-state index >= 15 is 0 Å². The Labute approximate surface area is 127 Å². The molecule has 4 nitrogen and oxygen atoms in total. The van der Waals surface area contributed by atoms with Gasteiger partial charge in [0.05, 0.1) is 5.69 Å². The Hall–Kier alpha value is -2.17. The smallest absolute Gasteiger partial charge is 0.258 e. The molecule has 0 atom stereocenters. The van der Waals surface area contributed by atoms with Crippen LogP contribution in [0.15, 0.2) is 59.5 Å². The summed E-state index contributed by atoms with van der Waals surface area (Å²) in [5.74, 6) is 0. The minimum Gasteiger partial charge on any atom is -0.307 e. The summed E-state index contributed by atoms with van der Waals surface area (Å²) in [7, 11) is 0. The fraction of sp³-hybridized carbons (Fsp3) is 0.125. The Balaban J connectivity index is 1.72. The molecule has 3 rings (SSSR count). The largest absolute Gasteiger partial charge is 0.307 e. The van der Waals surface area contributed by atoms with E-state index in [0.717, 1.165) is 16.3 Å². The van der Waals surface area contributed by atoms with Crippen molar-refractivity contribution >= 4 is 17.2 Å². The Morgan fingerprint density at radius 1 is 1.10 bits per heavy atom. The van der Waals surface area contributed by atoms with Gasteiger partial charge in [-0.3, -0.25) is 9.20 Å². The van der Waals surface area contributed by atoms with Gasteiger partial charge in [0.15, 0.2) is 0 Å². The summed E-state index contributed by atoms with van der Waals surface area (Å²) in [6, 6.07) is 14.7. The van der Waals surface area contributed by atoms with Crippen molar-refractivity contribution < 1.29 is 0 Å². The summed E-state index contributed by atoms with van der Waals surface area (Å²) in [6.07, 6.45) is 1.72. The molecule has 0 aliphatic rings. The molecule has 0 unspecified atom stereocenters. The summed E-state index contributed by atoms with van der Waals surface area (Å²) < 4.78 is 1.53. The van der Waals surface area contributed by atoms with Crippen molar-refractivity contribution in [1.29, 1.82) is 0 Å². The molecular formula is C16H14ClN3O. The van der Waals surface area contributed by atoms with Gasteiger partial charge in [-0.05, 0) is 29.8 Å². The van der Waals surface area contributed by atoms with Crippen molar-refractivity contribution in [2.45, 2.75) is 13.1 Å². The first-order valence-electron chi connectivity index (χ1n) is 6.65. The van der Waals surface area contributed by atoms with Crippen molar-refractivity contribution in [3.05, 3.63) is 81.4 Å². The SMILES string of the molecule is O=c1cc(CNCc2cccc(Cl)c2)nc2ccccn12. The molecule has 0 bridgehead atoms. The van der Waals surface area contributed by atoms with Crippen LogP contribution >= 0.6 is 11.6 Å². The maximum Gasteiger partial charge on any atom is 0.258 e. The van der Waals surface area contributed by atoms with Gasteiger partial charge >= 0.3 is 0 Å². The molecule has 106 valence electrons. The summed E-state index contributed by atoms with van der Waals surface area (Å²) in [5.41, 5.74) is 2.41. The van der Waals surface area contributed by atoms with Gasteiger partial charge in [0, 0.05) is 30.4 Å². The van der Waals surface area contributed by atoms with Crippen molar-refractivity contribution in [2.75, 3.05) is 0 Å². The molecule has 0 fully saturated rings. The number of aromatic nitrogens is 2. The molecule has 5 heteroatoms. The van der Waals surface area contributed by atoms with Crippen LogP contribution in [0.1, 0.15) is 11.3 Å². The van der Waals surface area contributed by atoms with Gasteiger partial charge in [-0.25, -0.2) is 4.98 Å². The van der Waals surface area contributed by atoms with Crippen LogP contribution in [0.25, 0.3) is 5.65 Å². The highest BCUT2D eigenvalue weighted by Gasteiger charge is 2.01. The quantitative estimate of drug-likeness (QED) is 0.805. The lowest BCUT2D eigenvalue weighted by Gasteiger charge is -2.06. The van der Waals surface area contributed by atoms with Gasteiger partial charge in [-0.2, -0.15) is 0 Å². The number of nitrogens with zero attached hydrogens (tertiary/aromatic N) is 2. The zero-order chi connectivity index (χ0) is 14.7. The lowest BCUT2D eigenvalue weighted by Crippen LogP contribution is -2.19. The van der Waals surface area contributed by atoms with Crippen molar-refractivity contribution in [3.63, 3.8) is 0 Å². The summed E-state index contributed by atoms with van der Waals surface area (Å²) in [4.78, 5) is 16.4. The second-order valence-electron chi connectivity index (χ2n) is 4.75. The van der Waals surface area contributed by atoms with Crippen molar-refractivity contribution in [1.82, 2.24) is 14.7 Å². The Morgan fingerprint density at radius 3 is 2.86 bits per heavy atom. The normalized spacial score (nSPS) is 10.9. The molecule has 0 spiro atoms. The zero-order valence-corrected chi connectivity index (χ0v) is 12.0. The number of rotatable bonds is 4.